The molecule has 0 radical (unpaired) electrons. The number of hydrogen-bond donors (Lipinski definition) is 1. The molecule has 1 rings (SSSR count). The average Bonchev–Trinajstić information content (AvgIpc) is 2.74. The van der Waals surface area contributed by atoms with Gasteiger partial charge in [-0.05, 0) is 26.2 Å². The van der Waals surface area contributed by atoms with Crippen LogP contribution in [0.15, 0.2) is 10.6 Å². The van der Waals surface area contributed by atoms with Crippen LogP contribution in [0.3, 0.4) is 0 Å². The summed E-state index contributed by atoms with van der Waals surface area (Å²) < 4.78 is 4.99. The van der Waals surface area contributed by atoms with E-state index in [9.17, 15) is 4.79 Å². The predicted octanol–water partition coefficient (Wildman–Crippen LogP) is 3.34. The fourth-order valence-corrected chi connectivity index (χ4v) is 2.03. The summed E-state index contributed by atoms with van der Waals surface area (Å²) in [7, 11) is 1.76. The van der Waals surface area contributed by atoms with Crippen LogP contribution in [0.5, 0.6) is 0 Å². The van der Waals surface area contributed by atoms with Gasteiger partial charge in [-0.15, -0.1) is 0 Å². The molecule has 0 fully saturated rings. The maximum absolute atomic E-state index is 12.0. The maximum Gasteiger partial charge on any atom is 0.317 e. The molecular formula is C15H27N3O2. The van der Waals surface area contributed by atoms with Gasteiger partial charge in [-0.2, -0.15) is 0 Å². The largest absolute Gasteiger partial charge is 0.361 e. The molecule has 2 amide bonds. The van der Waals surface area contributed by atoms with Crippen LogP contribution in [0.1, 0.15) is 51.5 Å². The number of nitrogens with zero attached hydrogens (tertiary/aromatic N) is 2. The second-order valence-electron chi connectivity index (χ2n) is 5.96. The van der Waals surface area contributed by atoms with Gasteiger partial charge in [-0.25, -0.2) is 4.79 Å². The number of carbonyl (C=O) groups excluding carboxylic acids is 1. The van der Waals surface area contributed by atoms with Crippen LogP contribution in [0.4, 0.5) is 4.79 Å². The normalized spacial score (nSPS) is 12.5. The Balaban J connectivity index is 2.30. The molecule has 1 heterocycles. The van der Waals surface area contributed by atoms with Crippen LogP contribution in [0.25, 0.3) is 0 Å². The summed E-state index contributed by atoms with van der Waals surface area (Å²) in [5.74, 6) is 1.48. The molecule has 1 aromatic heterocycles. The molecular weight excluding hydrogens is 254 g/mol. The Morgan fingerprint density at radius 3 is 2.65 bits per heavy atom. The number of carbonyl (C=O) groups is 1. The van der Waals surface area contributed by atoms with E-state index >= 15 is 0 Å². The molecule has 1 aromatic rings. The van der Waals surface area contributed by atoms with Crippen LogP contribution >= 0.6 is 0 Å². The van der Waals surface area contributed by atoms with Crippen molar-refractivity contribution in [1.29, 1.82) is 0 Å². The lowest BCUT2D eigenvalue weighted by Crippen LogP contribution is -2.41. The van der Waals surface area contributed by atoms with Gasteiger partial charge in [0.15, 0.2) is 0 Å². The Labute approximate surface area is 121 Å². The SMILES string of the molecule is Cc1cc(CN(C)C(=O)NC(C)CCCC(C)C)no1. The van der Waals surface area contributed by atoms with E-state index < -0.39 is 0 Å². The molecule has 0 aliphatic rings. The summed E-state index contributed by atoms with van der Waals surface area (Å²) in [6, 6.07) is 1.97. The molecule has 1 atom stereocenters. The van der Waals surface area contributed by atoms with E-state index in [4.69, 9.17) is 4.52 Å². The fourth-order valence-electron chi connectivity index (χ4n) is 2.03. The van der Waals surface area contributed by atoms with Crippen LogP contribution < -0.4 is 5.32 Å². The van der Waals surface area contributed by atoms with Gasteiger partial charge in [0.1, 0.15) is 11.5 Å². The van der Waals surface area contributed by atoms with Gasteiger partial charge in [-0.1, -0.05) is 31.8 Å². The van der Waals surface area contributed by atoms with E-state index in [0.29, 0.717) is 6.54 Å². The van der Waals surface area contributed by atoms with Crippen molar-refractivity contribution in [1.82, 2.24) is 15.4 Å². The minimum atomic E-state index is -0.0669. The van der Waals surface area contributed by atoms with Gasteiger partial charge >= 0.3 is 6.03 Å². The summed E-state index contributed by atoms with van der Waals surface area (Å²) in [6.07, 6.45) is 3.36. The van der Waals surface area contributed by atoms with Gasteiger partial charge in [0.2, 0.25) is 0 Å². The Morgan fingerprint density at radius 2 is 2.10 bits per heavy atom. The average molecular weight is 281 g/mol. The molecule has 1 N–H and O–H groups in total. The third-order valence-electron chi connectivity index (χ3n) is 3.21. The zero-order chi connectivity index (χ0) is 15.1. The molecule has 0 saturated heterocycles. The van der Waals surface area contributed by atoms with Gasteiger partial charge < -0.3 is 14.7 Å². The molecule has 114 valence electrons. The zero-order valence-electron chi connectivity index (χ0n) is 13.3. The van der Waals surface area contributed by atoms with Gasteiger partial charge in [0, 0.05) is 19.2 Å². The van der Waals surface area contributed by atoms with E-state index in [2.05, 4.69) is 24.3 Å². The molecule has 20 heavy (non-hydrogen) atoms. The monoisotopic (exact) mass is 281 g/mol. The van der Waals surface area contributed by atoms with Gasteiger partial charge in [0.05, 0.1) is 6.54 Å². The highest BCUT2D eigenvalue weighted by atomic mass is 16.5. The molecule has 5 nitrogen and oxygen atoms in total. The van der Waals surface area contributed by atoms with Crippen molar-refractivity contribution < 1.29 is 9.32 Å². The third kappa shape index (κ3) is 6.08. The lowest BCUT2D eigenvalue weighted by atomic mass is 10.0. The summed E-state index contributed by atoms with van der Waals surface area (Å²) in [4.78, 5) is 13.6. The number of aromatic nitrogens is 1. The number of nitrogens with one attached hydrogen (secondary N) is 1. The number of rotatable bonds is 7. The molecule has 0 aromatic carbocycles. The first-order chi connectivity index (χ1) is 9.38. The lowest BCUT2D eigenvalue weighted by molar-refractivity contribution is 0.201. The molecule has 1 unspecified atom stereocenters. The first-order valence-electron chi connectivity index (χ1n) is 7.32. The van der Waals surface area contributed by atoms with Crippen molar-refractivity contribution in [2.45, 2.75) is 59.5 Å². The van der Waals surface area contributed by atoms with Crippen LogP contribution in [0.2, 0.25) is 0 Å². The number of aryl methyl sites for hydroxylation is 1. The standard InChI is InChI=1S/C15H27N3O2/c1-11(2)7-6-8-12(3)16-15(19)18(5)10-14-9-13(4)20-17-14/h9,11-12H,6-8,10H2,1-5H3,(H,16,19). The van der Waals surface area contributed by atoms with Crippen molar-refractivity contribution in [2.24, 2.45) is 5.92 Å². The number of amides is 2. The Bertz CT molecular complexity index is 415. The van der Waals surface area contributed by atoms with E-state index in [1.165, 1.54) is 6.42 Å². The molecule has 0 aliphatic carbocycles. The quantitative estimate of drug-likeness (QED) is 0.834. The molecule has 5 heteroatoms. The fraction of sp³-hybridized carbons (Fsp3) is 0.733. The minimum Gasteiger partial charge on any atom is -0.361 e. The second-order valence-corrected chi connectivity index (χ2v) is 5.96. The summed E-state index contributed by atoms with van der Waals surface area (Å²) >= 11 is 0. The topological polar surface area (TPSA) is 58.4 Å². The van der Waals surface area contributed by atoms with E-state index in [1.807, 2.05) is 19.9 Å². The van der Waals surface area contributed by atoms with Gasteiger partial charge in [-0.3, -0.25) is 0 Å². The lowest BCUT2D eigenvalue weighted by Gasteiger charge is -2.20. The summed E-state index contributed by atoms with van der Waals surface area (Å²) in [5, 5.41) is 6.90. The van der Waals surface area contributed by atoms with Crippen LogP contribution in [0, 0.1) is 12.8 Å². The van der Waals surface area contributed by atoms with E-state index in [-0.39, 0.29) is 12.1 Å². The smallest absolute Gasteiger partial charge is 0.317 e. The third-order valence-corrected chi connectivity index (χ3v) is 3.21. The first-order valence-corrected chi connectivity index (χ1v) is 7.32. The van der Waals surface area contributed by atoms with Crippen molar-refractivity contribution in [3.8, 4) is 0 Å². The van der Waals surface area contributed by atoms with Crippen LogP contribution in [-0.2, 0) is 6.54 Å². The van der Waals surface area contributed by atoms with Gasteiger partial charge in [0.25, 0.3) is 0 Å². The molecule has 0 bridgehead atoms. The highest BCUT2D eigenvalue weighted by Crippen LogP contribution is 2.09. The molecule has 0 spiro atoms. The summed E-state index contributed by atoms with van der Waals surface area (Å²) in [5.41, 5.74) is 0.771. The van der Waals surface area contributed by atoms with Crippen LogP contribution in [-0.4, -0.2) is 29.2 Å². The Kier molecular flexibility index (Phi) is 6.55. The van der Waals surface area contributed by atoms with E-state index in [0.717, 1.165) is 30.2 Å². The van der Waals surface area contributed by atoms with Crippen molar-refractivity contribution in [3.05, 3.63) is 17.5 Å². The molecule has 0 saturated carbocycles. The Morgan fingerprint density at radius 1 is 1.40 bits per heavy atom. The highest BCUT2D eigenvalue weighted by molar-refractivity contribution is 5.74. The van der Waals surface area contributed by atoms with Crippen molar-refractivity contribution >= 4 is 6.03 Å². The minimum absolute atomic E-state index is 0.0669. The predicted molar refractivity (Wildman–Crippen MR) is 79.4 cm³/mol. The van der Waals surface area contributed by atoms with E-state index in [1.54, 1.807) is 11.9 Å². The molecule has 0 aliphatic heterocycles. The van der Waals surface area contributed by atoms with Crippen molar-refractivity contribution in [2.75, 3.05) is 7.05 Å². The zero-order valence-corrected chi connectivity index (χ0v) is 13.3. The number of hydrogen-bond acceptors (Lipinski definition) is 3. The number of urea groups is 1. The first kappa shape index (κ1) is 16.5. The summed E-state index contributed by atoms with van der Waals surface area (Å²) in [6.45, 7) is 8.79. The van der Waals surface area contributed by atoms with Crippen molar-refractivity contribution in [3.63, 3.8) is 0 Å². The Hall–Kier alpha value is -1.52. The highest BCUT2D eigenvalue weighted by Gasteiger charge is 2.13. The second kappa shape index (κ2) is 7.92. The maximum atomic E-state index is 12.0.